The van der Waals surface area contributed by atoms with Crippen LogP contribution in [0.25, 0.3) is 6.08 Å². The van der Waals surface area contributed by atoms with Gasteiger partial charge in [0.25, 0.3) is 5.91 Å². The standard InChI is InChI=1S/C19H16N2O/c1-15(12-16-8-4-2-5-9-16)13-17(14-20)19(22)21-18-10-6-3-7-11-18/h2-13H,1H3,(H,21,22)/b15-12-,17-13-. The summed E-state index contributed by atoms with van der Waals surface area (Å²) in [4.78, 5) is 12.1. The molecule has 108 valence electrons. The SMILES string of the molecule is CC(=C/c1ccccc1)/C=C(/C#N)C(=O)Nc1ccccc1. The minimum Gasteiger partial charge on any atom is -0.321 e. The van der Waals surface area contributed by atoms with E-state index in [1.807, 2.05) is 67.6 Å². The number of nitrogens with zero attached hydrogens (tertiary/aromatic N) is 1. The molecule has 0 aliphatic rings. The van der Waals surface area contributed by atoms with Crippen LogP contribution in [0.5, 0.6) is 0 Å². The van der Waals surface area contributed by atoms with E-state index in [0.717, 1.165) is 11.1 Å². The van der Waals surface area contributed by atoms with E-state index in [0.29, 0.717) is 5.69 Å². The molecule has 0 aromatic heterocycles. The van der Waals surface area contributed by atoms with Gasteiger partial charge in [0.05, 0.1) is 0 Å². The summed E-state index contributed by atoms with van der Waals surface area (Å²) in [5, 5.41) is 11.9. The molecule has 0 fully saturated rings. The lowest BCUT2D eigenvalue weighted by Gasteiger charge is -2.04. The molecular weight excluding hydrogens is 272 g/mol. The van der Waals surface area contributed by atoms with Crippen LogP contribution in [0.4, 0.5) is 5.69 Å². The average molecular weight is 288 g/mol. The van der Waals surface area contributed by atoms with Gasteiger partial charge in [0.15, 0.2) is 0 Å². The van der Waals surface area contributed by atoms with Crippen LogP contribution < -0.4 is 5.32 Å². The van der Waals surface area contributed by atoms with E-state index in [2.05, 4.69) is 5.32 Å². The fourth-order valence-electron chi connectivity index (χ4n) is 1.95. The lowest BCUT2D eigenvalue weighted by atomic mass is 10.1. The molecule has 0 aliphatic heterocycles. The van der Waals surface area contributed by atoms with E-state index in [4.69, 9.17) is 0 Å². The summed E-state index contributed by atoms with van der Waals surface area (Å²) >= 11 is 0. The second kappa shape index (κ2) is 7.61. The van der Waals surface area contributed by atoms with Crippen LogP contribution in [0.15, 0.2) is 77.9 Å². The third-order valence-electron chi connectivity index (χ3n) is 2.96. The summed E-state index contributed by atoms with van der Waals surface area (Å²) in [5.74, 6) is -0.408. The number of amides is 1. The highest BCUT2D eigenvalue weighted by Gasteiger charge is 2.08. The van der Waals surface area contributed by atoms with Crippen LogP contribution in [0.3, 0.4) is 0 Å². The van der Waals surface area contributed by atoms with Gasteiger partial charge in [-0.15, -0.1) is 0 Å². The highest BCUT2D eigenvalue weighted by atomic mass is 16.1. The Morgan fingerprint density at radius 1 is 1.05 bits per heavy atom. The van der Waals surface area contributed by atoms with Crippen molar-refractivity contribution >= 4 is 17.7 Å². The summed E-state index contributed by atoms with van der Waals surface area (Å²) in [6.45, 7) is 1.86. The Hall–Kier alpha value is -3.12. The van der Waals surface area contributed by atoms with Crippen LogP contribution in [0, 0.1) is 11.3 Å². The predicted molar refractivity (Wildman–Crippen MR) is 88.9 cm³/mol. The summed E-state index contributed by atoms with van der Waals surface area (Å²) in [5.41, 5.74) is 2.61. The molecule has 1 amide bonds. The van der Waals surface area contributed by atoms with Crippen molar-refractivity contribution in [1.82, 2.24) is 0 Å². The highest BCUT2D eigenvalue weighted by Crippen LogP contribution is 2.11. The quantitative estimate of drug-likeness (QED) is 0.521. The number of para-hydroxylation sites is 1. The van der Waals surface area contributed by atoms with Gasteiger partial charge in [-0.1, -0.05) is 54.6 Å². The molecule has 3 nitrogen and oxygen atoms in total. The Bertz CT molecular complexity index is 738. The van der Waals surface area contributed by atoms with Crippen LogP contribution in [0.1, 0.15) is 12.5 Å². The van der Waals surface area contributed by atoms with Crippen molar-refractivity contribution < 1.29 is 4.79 Å². The molecule has 0 spiro atoms. The molecule has 1 N–H and O–H groups in total. The van der Waals surface area contributed by atoms with Crippen molar-refractivity contribution in [2.45, 2.75) is 6.92 Å². The molecule has 2 aromatic rings. The monoisotopic (exact) mass is 288 g/mol. The molecule has 2 rings (SSSR count). The largest absolute Gasteiger partial charge is 0.321 e. The third kappa shape index (κ3) is 4.46. The van der Waals surface area contributed by atoms with Gasteiger partial charge in [0.1, 0.15) is 11.6 Å². The van der Waals surface area contributed by atoms with Crippen molar-refractivity contribution in [3.05, 3.63) is 83.4 Å². The molecule has 0 saturated carbocycles. The zero-order valence-corrected chi connectivity index (χ0v) is 12.3. The maximum atomic E-state index is 12.1. The lowest BCUT2D eigenvalue weighted by Crippen LogP contribution is -2.13. The second-order valence-corrected chi connectivity index (χ2v) is 4.79. The van der Waals surface area contributed by atoms with Crippen molar-refractivity contribution in [3.63, 3.8) is 0 Å². The minimum absolute atomic E-state index is 0.0773. The Labute approximate surface area is 130 Å². The first-order chi connectivity index (χ1) is 10.7. The van der Waals surface area contributed by atoms with Crippen molar-refractivity contribution in [2.75, 3.05) is 5.32 Å². The topological polar surface area (TPSA) is 52.9 Å². The average Bonchev–Trinajstić information content (AvgIpc) is 2.54. The van der Waals surface area contributed by atoms with E-state index in [-0.39, 0.29) is 5.57 Å². The maximum absolute atomic E-state index is 12.1. The van der Waals surface area contributed by atoms with Crippen molar-refractivity contribution in [3.8, 4) is 6.07 Å². The van der Waals surface area contributed by atoms with Gasteiger partial charge in [-0.25, -0.2) is 0 Å². The fraction of sp³-hybridized carbons (Fsp3) is 0.0526. The van der Waals surface area contributed by atoms with Crippen LogP contribution in [-0.2, 0) is 4.79 Å². The summed E-state index contributed by atoms with van der Waals surface area (Å²) in [7, 11) is 0. The van der Waals surface area contributed by atoms with Gasteiger partial charge in [-0.3, -0.25) is 4.79 Å². The molecule has 0 unspecified atom stereocenters. The molecular formula is C19H16N2O. The molecule has 22 heavy (non-hydrogen) atoms. The van der Waals surface area contributed by atoms with Crippen molar-refractivity contribution in [1.29, 1.82) is 5.26 Å². The van der Waals surface area contributed by atoms with Crippen LogP contribution >= 0.6 is 0 Å². The van der Waals surface area contributed by atoms with E-state index in [1.54, 1.807) is 18.2 Å². The number of nitriles is 1. The van der Waals surface area contributed by atoms with Gasteiger partial charge >= 0.3 is 0 Å². The van der Waals surface area contributed by atoms with E-state index < -0.39 is 5.91 Å². The van der Waals surface area contributed by atoms with Gasteiger partial charge in [0, 0.05) is 5.69 Å². The Morgan fingerprint density at radius 2 is 1.64 bits per heavy atom. The first-order valence-electron chi connectivity index (χ1n) is 6.90. The number of benzene rings is 2. The summed E-state index contributed by atoms with van der Waals surface area (Å²) in [6, 6.07) is 20.8. The lowest BCUT2D eigenvalue weighted by molar-refractivity contribution is -0.112. The molecule has 0 saturated heterocycles. The zero-order chi connectivity index (χ0) is 15.8. The molecule has 0 aliphatic carbocycles. The number of hydrogen-bond acceptors (Lipinski definition) is 2. The Kier molecular flexibility index (Phi) is 5.28. The van der Waals surface area contributed by atoms with Gasteiger partial charge in [-0.2, -0.15) is 5.26 Å². The summed E-state index contributed by atoms with van der Waals surface area (Å²) < 4.78 is 0. The van der Waals surface area contributed by atoms with Crippen LogP contribution in [0.2, 0.25) is 0 Å². The van der Waals surface area contributed by atoms with E-state index in [1.165, 1.54) is 0 Å². The number of nitrogens with one attached hydrogen (secondary N) is 1. The first-order valence-corrected chi connectivity index (χ1v) is 6.90. The normalized spacial score (nSPS) is 11.6. The fourth-order valence-corrected chi connectivity index (χ4v) is 1.95. The number of carbonyl (C=O) groups is 1. The number of anilines is 1. The molecule has 0 heterocycles. The Morgan fingerprint density at radius 3 is 2.23 bits per heavy atom. The second-order valence-electron chi connectivity index (χ2n) is 4.79. The maximum Gasteiger partial charge on any atom is 0.266 e. The number of allylic oxidation sites excluding steroid dienone is 2. The molecule has 0 radical (unpaired) electrons. The third-order valence-corrected chi connectivity index (χ3v) is 2.96. The number of rotatable bonds is 4. The van der Waals surface area contributed by atoms with Crippen LogP contribution in [-0.4, -0.2) is 5.91 Å². The first kappa shape index (κ1) is 15.3. The number of carbonyl (C=O) groups excluding carboxylic acids is 1. The smallest absolute Gasteiger partial charge is 0.266 e. The van der Waals surface area contributed by atoms with Gasteiger partial charge < -0.3 is 5.32 Å². The molecule has 3 heteroatoms. The predicted octanol–water partition coefficient (Wildman–Crippen LogP) is 4.18. The van der Waals surface area contributed by atoms with E-state index in [9.17, 15) is 10.1 Å². The molecule has 0 atom stereocenters. The zero-order valence-electron chi connectivity index (χ0n) is 12.3. The Balaban J connectivity index is 2.15. The molecule has 0 bridgehead atoms. The minimum atomic E-state index is -0.408. The van der Waals surface area contributed by atoms with Gasteiger partial charge in [-0.05, 0) is 36.3 Å². The summed E-state index contributed by atoms with van der Waals surface area (Å²) in [6.07, 6.45) is 3.51. The highest BCUT2D eigenvalue weighted by molar-refractivity contribution is 6.06. The van der Waals surface area contributed by atoms with E-state index >= 15 is 0 Å². The van der Waals surface area contributed by atoms with Crippen molar-refractivity contribution in [2.24, 2.45) is 0 Å². The molecule has 2 aromatic carbocycles. The number of hydrogen-bond donors (Lipinski definition) is 1. The van der Waals surface area contributed by atoms with Gasteiger partial charge in [0.2, 0.25) is 0 Å².